The average molecular weight is 821 g/mol. The van der Waals surface area contributed by atoms with E-state index in [1.54, 1.807) is 6.20 Å². The van der Waals surface area contributed by atoms with Crippen molar-refractivity contribution in [3.63, 3.8) is 0 Å². The van der Waals surface area contributed by atoms with Gasteiger partial charge in [0.1, 0.15) is 24.2 Å². The van der Waals surface area contributed by atoms with E-state index in [1.165, 1.54) is 12.5 Å². The molecule has 0 aliphatic heterocycles. The van der Waals surface area contributed by atoms with Crippen molar-refractivity contribution in [2.45, 2.75) is 76.0 Å². The van der Waals surface area contributed by atoms with Gasteiger partial charge in [0, 0.05) is 61.2 Å². The molecule has 5 rings (SSSR count). The number of amides is 6. The van der Waals surface area contributed by atoms with Gasteiger partial charge < -0.3 is 53.8 Å². The Morgan fingerprint density at radius 3 is 2.03 bits per heavy atom. The summed E-state index contributed by atoms with van der Waals surface area (Å²) in [5, 5.41) is 16.3. The number of para-hydroxylation sites is 1. The Bertz CT molecular complexity index is 2300. The summed E-state index contributed by atoms with van der Waals surface area (Å²) in [5.74, 6) is -4.00. The molecule has 13 N–H and O–H groups in total. The molecule has 3 aromatic carbocycles. The van der Waals surface area contributed by atoms with Gasteiger partial charge in [0.05, 0.1) is 12.9 Å². The van der Waals surface area contributed by atoms with E-state index in [0.717, 1.165) is 27.2 Å². The van der Waals surface area contributed by atoms with Crippen molar-refractivity contribution >= 4 is 63.1 Å². The minimum absolute atomic E-state index is 0.0136. The number of imidazole rings is 1. The molecule has 316 valence electrons. The van der Waals surface area contributed by atoms with Gasteiger partial charge in [-0.05, 0) is 47.2 Å². The second-order valence-corrected chi connectivity index (χ2v) is 14.4. The normalized spacial score (nSPS) is 13.0. The third kappa shape index (κ3) is 12.6. The Balaban J connectivity index is 1.45. The number of carbonyl (C=O) groups excluding carboxylic acids is 6. The Morgan fingerprint density at radius 2 is 1.33 bits per heavy atom. The van der Waals surface area contributed by atoms with Gasteiger partial charge in [-0.25, -0.2) is 4.98 Å². The zero-order valence-corrected chi connectivity index (χ0v) is 33.3. The lowest BCUT2D eigenvalue weighted by Crippen LogP contribution is -2.59. The number of aromatic amines is 2. The molecule has 18 nitrogen and oxygen atoms in total. The van der Waals surface area contributed by atoms with Gasteiger partial charge in [-0.2, -0.15) is 0 Å². The summed E-state index contributed by atoms with van der Waals surface area (Å²) in [7, 11) is 0. The first-order chi connectivity index (χ1) is 28.9. The fourth-order valence-electron chi connectivity index (χ4n) is 6.84. The molecule has 0 saturated heterocycles. The standard InChI is InChI=1S/C42H52N12O6/c1-2-9-37(56)51-35(20-28-22-46-24-50-28)41(60)54-34(18-26-12-7-11-25-10-3-4-13-29(25)26)40(59)52-32(16-8-17-47-42(44)45)39(58)53-33(38(57)49-23-36(43)55)19-27-21-48-31-15-6-5-14-30(27)31/h3-7,10-15,21-22,24,32-35,48H,2,8-9,16-20,23H2,1H3,(H2,43,55)(H,46,50)(H,49,57)(H,51,56)(H,52,59)(H,53,58)(H,54,60)(H4,44,45,47)/t32-,33-,34+,35-/m0/s1. The van der Waals surface area contributed by atoms with Crippen molar-refractivity contribution in [2.24, 2.45) is 22.2 Å². The quantitative estimate of drug-likeness (QED) is 0.0263. The van der Waals surface area contributed by atoms with Gasteiger partial charge >= 0.3 is 0 Å². The molecule has 5 aromatic rings. The summed E-state index contributed by atoms with van der Waals surface area (Å²) in [6.45, 7) is 1.51. The van der Waals surface area contributed by atoms with Crippen LogP contribution in [0.15, 0.2) is 90.4 Å². The molecule has 60 heavy (non-hydrogen) atoms. The molecular weight excluding hydrogens is 769 g/mol. The van der Waals surface area contributed by atoms with Gasteiger partial charge in [0.15, 0.2) is 5.96 Å². The number of aromatic nitrogens is 3. The minimum Gasteiger partial charge on any atom is -0.370 e. The predicted octanol–water partition coefficient (Wildman–Crippen LogP) is 0.467. The molecule has 2 heterocycles. The van der Waals surface area contributed by atoms with Gasteiger partial charge in [-0.15, -0.1) is 0 Å². The number of nitrogens with two attached hydrogens (primary N) is 3. The van der Waals surface area contributed by atoms with Crippen LogP contribution >= 0.6 is 0 Å². The number of carbonyl (C=O) groups is 6. The zero-order valence-electron chi connectivity index (χ0n) is 33.3. The molecule has 0 saturated carbocycles. The molecule has 0 aliphatic carbocycles. The number of aliphatic imine (C=N–C) groups is 1. The number of nitrogens with one attached hydrogen (secondary N) is 7. The number of guanidine groups is 1. The van der Waals surface area contributed by atoms with Crippen LogP contribution in [0.25, 0.3) is 21.7 Å². The summed E-state index contributed by atoms with van der Waals surface area (Å²) >= 11 is 0. The topological polar surface area (TPSA) is 297 Å². The molecular formula is C42H52N12O6. The first-order valence-corrected chi connectivity index (χ1v) is 19.7. The number of nitrogens with zero attached hydrogens (tertiary/aromatic N) is 2. The second-order valence-electron chi connectivity index (χ2n) is 14.4. The fraction of sp³-hybridized carbons (Fsp3) is 0.333. The SMILES string of the molecule is CCCC(=O)N[C@@H](Cc1cnc[nH]1)C(=O)N[C@H](Cc1cccc2ccccc12)C(=O)N[C@@H](CCCN=C(N)N)C(=O)N[C@@H](Cc1c[nH]c2ccccc12)C(=O)NCC(N)=O. The fourth-order valence-corrected chi connectivity index (χ4v) is 6.84. The van der Waals surface area contributed by atoms with Crippen LogP contribution in [0.4, 0.5) is 0 Å². The van der Waals surface area contributed by atoms with Crippen LogP contribution < -0.4 is 43.8 Å². The van der Waals surface area contributed by atoms with Crippen molar-refractivity contribution in [3.05, 3.63) is 102 Å². The molecule has 0 bridgehead atoms. The zero-order chi connectivity index (χ0) is 43.0. The number of rotatable bonds is 22. The number of hydrogen-bond acceptors (Lipinski definition) is 8. The van der Waals surface area contributed by atoms with Crippen LogP contribution in [-0.2, 0) is 48.0 Å². The summed E-state index contributed by atoms with van der Waals surface area (Å²) in [4.78, 5) is 94.9. The monoisotopic (exact) mass is 820 g/mol. The van der Waals surface area contributed by atoms with E-state index in [0.29, 0.717) is 17.7 Å². The van der Waals surface area contributed by atoms with E-state index in [2.05, 4.69) is 46.5 Å². The number of H-pyrrole nitrogens is 2. The van der Waals surface area contributed by atoms with E-state index in [9.17, 15) is 28.8 Å². The number of primary amides is 1. The van der Waals surface area contributed by atoms with Crippen LogP contribution in [0.1, 0.15) is 49.4 Å². The molecule has 0 unspecified atom stereocenters. The Hall–Kier alpha value is -7.24. The van der Waals surface area contributed by atoms with Crippen LogP contribution in [0, 0.1) is 0 Å². The average Bonchev–Trinajstić information content (AvgIpc) is 3.90. The second kappa shape index (κ2) is 21.5. The van der Waals surface area contributed by atoms with Gasteiger partial charge in [0.2, 0.25) is 35.4 Å². The highest BCUT2D eigenvalue weighted by Crippen LogP contribution is 2.21. The minimum atomic E-state index is -1.25. The van der Waals surface area contributed by atoms with E-state index in [1.807, 2.05) is 73.7 Å². The van der Waals surface area contributed by atoms with E-state index in [4.69, 9.17) is 17.2 Å². The van der Waals surface area contributed by atoms with Gasteiger partial charge in [0.25, 0.3) is 0 Å². The third-order valence-corrected chi connectivity index (χ3v) is 9.79. The van der Waals surface area contributed by atoms with Crippen LogP contribution in [-0.4, -0.2) is 93.6 Å². The molecule has 2 aromatic heterocycles. The lowest BCUT2D eigenvalue weighted by atomic mass is 9.97. The highest BCUT2D eigenvalue weighted by Gasteiger charge is 2.32. The first-order valence-electron chi connectivity index (χ1n) is 19.7. The highest BCUT2D eigenvalue weighted by atomic mass is 16.2. The molecule has 4 atom stereocenters. The van der Waals surface area contributed by atoms with Crippen molar-refractivity contribution in [1.82, 2.24) is 41.5 Å². The Morgan fingerprint density at radius 1 is 0.700 bits per heavy atom. The summed E-state index contributed by atoms with van der Waals surface area (Å²) in [5.41, 5.74) is 19.2. The van der Waals surface area contributed by atoms with Crippen LogP contribution in [0.5, 0.6) is 0 Å². The predicted molar refractivity (Wildman–Crippen MR) is 227 cm³/mol. The summed E-state index contributed by atoms with van der Waals surface area (Å²) < 4.78 is 0. The molecule has 0 aliphatic rings. The maximum atomic E-state index is 14.5. The van der Waals surface area contributed by atoms with Crippen molar-refractivity contribution in [3.8, 4) is 0 Å². The van der Waals surface area contributed by atoms with Crippen molar-refractivity contribution in [2.75, 3.05) is 13.1 Å². The van der Waals surface area contributed by atoms with E-state index in [-0.39, 0.29) is 56.9 Å². The summed E-state index contributed by atoms with van der Waals surface area (Å²) in [6, 6.07) is 15.9. The van der Waals surface area contributed by atoms with Crippen molar-refractivity contribution in [1.29, 1.82) is 0 Å². The lowest BCUT2D eigenvalue weighted by molar-refractivity contribution is -0.134. The lowest BCUT2D eigenvalue weighted by Gasteiger charge is -2.27. The first kappa shape index (κ1) is 43.9. The van der Waals surface area contributed by atoms with Crippen LogP contribution in [0.2, 0.25) is 0 Å². The maximum Gasteiger partial charge on any atom is 0.243 e. The highest BCUT2D eigenvalue weighted by molar-refractivity contribution is 5.97. The summed E-state index contributed by atoms with van der Waals surface area (Å²) in [6.07, 6.45) is 5.84. The van der Waals surface area contributed by atoms with E-state index >= 15 is 0 Å². The Labute approximate surface area is 346 Å². The number of fused-ring (bicyclic) bond motifs is 2. The molecule has 0 fully saturated rings. The molecule has 18 heteroatoms. The van der Waals surface area contributed by atoms with Crippen LogP contribution in [0.3, 0.4) is 0 Å². The maximum absolute atomic E-state index is 14.5. The molecule has 0 radical (unpaired) electrons. The number of benzene rings is 3. The van der Waals surface area contributed by atoms with Gasteiger partial charge in [-0.3, -0.25) is 33.8 Å². The van der Waals surface area contributed by atoms with Gasteiger partial charge in [-0.1, -0.05) is 67.6 Å². The largest absolute Gasteiger partial charge is 0.370 e. The number of hydrogen-bond donors (Lipinski definition) is 10. The van der Waals surface area contributed by atoms with E-state index < -0.39 is 60.2 Å². The Kier molecular flexibility index (Phi) is 15.7. The smallest absolute Gasteiger partial charge is 0.243 e. The van der Waals surface area contributed by atoms with Crippen molar-refractivity contribution < 1.29 is 28.8 Å². The molecule has 0 spiro atoms. The third-order valence-electron chi connectivity index (χ3n) is 9.79. The molecule has 6 amide bonds.